The lowest BCUT2D eigenvalue weighted by atomic mass is 9.92. The predicted octanol–water partition coefficient (Wildman–Crippen LogP) is 2.47. The quantitative estimate of drug-likeness (QED) is 0.876. The number of rotatable bonds is 6. The minimum atomic E-state index is -0.796. The lowest BCUT2D eigenvalue weighted by Gasteiger charge is -2.15. The van der Waals surface area contributed by atoms with Crippen LogP contribution in [-0.4, -0.2) is 42.1 Å². The highest BCUT2D eigenvalue weighted by Crippen LogP contribution is 2.30. The summed E-state index contributed by atoms with van der Waals surface area (Å²) >= 11 is 1.41. The smallest absolute Gasteiger partial charge is 0.308 e. The molecule has 1 aromatic rings. The number of aliphatic carboxylic acids is 1. The summed E-state index contributed by atoms with van der Waals surface area (Å²) < 4.78 is 5.05. The van der Waals surface area contributed by atoms with E-state index in [0.717, 1.165) is 17.7 Å². The van der Waals surface area contributed by atoms with Gasteiger partial charge in [0.25, 0.3) is 5.91 Å². The van der Waals surface area contributed by atoms with Crippen LogP contribution in [0, 0.1) is 11.8 Å². The molecule has 2 heterocycles. The van der Waals surface area contributed by atoms with Gasteiger partial charge in [0.1, 0.15) is 0 Å². The Kier molecular flexibility index (Phi) is 5.36. The summed E-state index contributed by atoms with van der Waals surface area (Å²) in [6, 6.07) is 3.68. The summed E-state index contributed by atoms with van der Waals surface area (Å²) in [6.07, 6.45) is 1.79. The number of thiophene rings is 1. The van der Waals surface area contributed by atoms with Crippen molar-refractivity contribution >= 4 is 23.2 Å². The molecule has 21 heavy (non-hydrogen) atoms. The lowest BCUT2D eigenvalue weighted by Crippen LogP contribution is -2.29. The fourth-order valence-electron chi connectivity index (χ4n) is 2.85. The number of hydrogen-bond acceptors (Lipinski definition) is 4. The number of carbonyl (C=O) groups is 2. The third-order valence-corrected chi connectivity index (χ3v) is 4.91. The van der Waals surface area contributed by atoms with Gasteiger partial charge in [0.05, 0.1) is 17.4 Å². The summed E-state index contributed by atoms with van der Waals surface area (Å²) in [5.74, 6) is -1.23. The molecule has 1 saturated heterocycles. The third-order valence-electron chi connectivity index (χ3n) is 3.86. The highest BCUT2D eigenvalue weighted by atomic mass is 32.1. The number of amides is 1. The van der Waals surface area contributed by atoms with E-state index in [1.165, 1.54) is 11.3 Å². The summed E-state index contributed by atoms with van der Waals surface area (Å²) in [4.78, 5) is 27.2. The first-order valence-electron chi connectivity index (χ1n) is 7.16. The zero-order chi connectivity index (χ0) is 15.4. The molecule has 0 aromatic carbocycles. The van der Waals surface area contributed by atoms with Gasteiger partial charge in [0.15, 0.2) is 0 Å². The van der Waals surface area contributed by atoms with E-state index in [9.17, 15) is 14.7 Å². The van der Waals surface area contributed by atoms with Crippen molar-refractivity contribution in [2.24, 2.45) is 11.8 Å². The Morgan fingerprint density at radius 1 is 1.43 bits per heavy atom. The number of hydrogen-bond donors (Lipinski definition) is 1. The Morgan fingerprint density at radius 3 is 2.81 bits per heavy atom. The minimum Gasteiger partial charge on any atom is -0.481 e. The first-order chi connectivity index (χ1) is 10.1. The van der Waals surface area contributed by atoms with E-state index in [1.54, 1.807) is 18.1 Å². The van der Waals surface area contributed by atoms with Gasteiger partial charge in [-0.15, -0.1) is 11.3 Å². The van der Waals surface area contributed by atoms with Crippen LogP contribution in [0.1, 0.15) is 34.3 Å². The molecule has 1 amide bonds. The van der Waals surface area contributed by atoms with Crippen molar-refractivity contribution < 1.29 is 19.4 Å². The normalized spacial score (nSPS) is 21.7. The molecule has 6 heteroatoms. The van der Waals surface area contributed by atoms with Crippen LogP contribution in [0.15, 0.2) is 12.1 Å². The second-order valence-electron chi connectivity index (χ2n) is 5.40. The van der Waals surface area contributed by atoms with Crippen molar-refractivity contribution in [3.8, 4) is 0 Å². The molecule has 0 bridgehead atoms. The average Bonchev–Trinajstić information content (AvgIpc) is 3.06. The largest absolute Gasteiger partial charge is 0.481 e. The molecule has 0 unspecified atom stereocenters. The van der Waals surface area contributed by atoms with Gasteiger partial charge in [0, 0.05) is 25.1 Å². The summed E-state index contributed by atoms with van der Waals surface area (Å²) in [7, 11) is 1.62. The topological polar surface area (TPSA) is 66.8 Å². The molecule has 0 radical (unpaired) electrons. The predicted molar refractivity (Wildman–Crippen MR) is 80.5 cm³/mol. The molecular formula is C15H21NO4S. The zero-order valence-corrected chi connectivity index (χ0v) is 13.2. The van der Waals surface area contributed by atoms with Gasteiger partial charge in [-0.2, -0.15) is 0 Å². The van der Waals surface area contributed by atoms with Gasteiger partial charge in [-0.25, -0.2) is 0 Å². The number of methoxy groups -OCH3 is 1. The van der Waals surface area contributed by atoms with Crippen LogP contribution >= 0.6 is 11.3 Å². The Labute approximate surface area is 128 Å². The molecule has 2 atom stereocenters. The fraction of sp³-hybridized carbons (Fsp3) is 0.600. The molecule has 5 nitrogen and oxygen atoms in total. The van der Waals surface area contributed by atoms with E-state index in [-0.39, 0.29) is 11.8 Å². The molecule has 0 saturated carbocycles. The third kappa shape index (κ3) is 3.63. The van der Waals surface area contributed by atoms with Crippen LogP contribution in [0.25, 0.3) is 0 Å². The number of carboxylic acids is 1. The fourth-order valence-corrected chi connectivity index (χ4v) is 3.80. The van der Waals surface area contributed by atoms with Crippen LogP contribution in [0.4, 0.5) is 0 Å². The number of nitrogens with zero attached hydrogens (tertiary/aromatic N) is 1. The van der Waals surface area contributed by atoms with Gasteiger partial charge < -0.3 is 14.7 Å². The zero-order valence-electron chi connectivity index (χ0n) is 12.4. The van der Waals surface area contributed by atoms with Gasteiger partial charge in [-0.05, 0) is 24.5 Å². The van der Waals surface area contributed by atoms with Gasteiger partial charge in [-0.3, -0.25) is 9.59 Å². The molecule has 1 aliphatic heterocycles. The van der Waals surface area contributed by atoms with Crippen LogP contribution in [0.2, 0.25) is 0 Å². The number of carboxylic acid groups (broad SMARTS) is 1. The molecule has 0 spiro atoms. The Balaban J connectivity index is 2.07. The van der Waals surface area contributed by atoms with Crippen LogP contribution < -0.4 is 0 Å². The molecule has 1 aromatic heterocycles. The Morgan fingerprint density at radius 2 is 2.19 bits per heavy atom. The molecule has 1 N–H and O–H groups in total. The molecule has 2 rings (SSSR count). The monoisotopic (exact) mass is 311 g/mol. The van der Waals surface area contributed by atoms with Gasteiger partial charge >= 0.3 is 5.97 Å². The lowest BCUT2D eigenvalue weighted by molar-refractivity contribution is -0.142. The first kappa shape index (κ1) is 16.0. The second kappa shape index (κ2) is 7.04. The highest BCUT2D eigenvalue weighted by molar-refractivity contribution is 7.14. The standard InChI is InChI=1S/C15H21NO4S/c1-3-4-10-7-16(8-12(10)15(18)19)14(17)13-6-5-11(21-13)9-20-2/h5-6,10,12H,3-4,7-9H2,1-2H3,(H,18,19)/t10-,12-/m1/s1. The Hall–Kier alpha value is -1.40. The SMILES string of the molecule is CCC[C@@H]1CN(C(=O)c2ccc(COC)s2)C[C@H]1C(=O)O. The molecule has 1 fully saturated rings. The van der Waals surface area contributed by atoms with E-state index in [4.69, 9.17) is 4.74 Å². The molecule has 0 aliphatic carbocycles. The number of likely N-dealkylation sites (tertiary alicyclic amines) is 1. The van der Waals surface area contributed by atoms with E-state index in [0.29, 0.717) is 24.6 Å². The van der Waals surface area contributed by atoms with Crippen LogP contribution in [-0.2, 0) is 16.1 Å². The second-order valence-corrected chi connectivity index (χ2v) is 6.57. The Bertz CT molecular complexity index is 514. The molecule has 1 aliphatic rings. The van der Waals surface area contributed by atoms with Crippen molar-refractivity contribution in [3.63, 3.8) is 0 Å². The number of carbonyl (C=O) groups excluding carboxylic acids is 1. The van der Waals surface area contributed by atoms with Crippen molar-refractivity contribution in [2.45, 2.75) is 26.4 Å². The number of ether oxygens (including phenoxy) is 1. The summed E-state index contributed by atoms with van der Waals surface area (Å²) in [6.45, 7) is 3.39. The highest BCUT2D eigenvalue weighted by Gasteiger charge is 2.39. The van der Waals surface area contributed by atoms with E-state index < -0.39 is 11.9 Å². The van der Waals surface area contributed by atoms with Crippen molar-refractivity contribution in [2.75, 3.05) is 20.2 Å². The van der Waals surface area contributed by atoms with Crippen molar-refractivity contribution in [1.82, 2.24) is 4.90 Å². The van der Waals surface area contributed by atoms with E-state index in [1.807, 2.05) is 13.0 Å². The van der Waals surface area contributed by atoms with Crippen molar-refractivity contribution in [1.29, 1.82) is 0 Å². The summed E-state index contributed by atoms with van der Waals surface area (Å²) in [5, 5.41) is 9.30. The van der Waals surface area contributed by atoms with E-state index >= 15 is 0 Å². The van der Waals surface area contributed by atoms with Crippen molar-refractivity contribution in [3.05, 3.63) is 21.9 Å². The minimum absolute atomic E-state index is 0.0628. The maximum absolute atomic E-state index is 12.5. The molecule has 116 valence electrons. The molecular weight excluding hydrogens is 290 g/mol. The van der Waals surface area contributed by atoms with Gasteiger partial charge in [-0.1, -0.05) is 13.3 Å². The average molecular weight is 311 g/mol. The van der Waals surface area contributed by atoms with Crippen LogP contribution in [0.5, 0.6) is 0 Å². The maximum Gasteiger partial charge on any atom is 0.308 e. The summed E-state index contributed by atoms with van der Waals surface area (Å²) in [5.41, 5.74) is 0. The maximum atomic E-state index is 12.5. The van der Waals surface area contributed by atoms with Crippen LogP contribution in [0.3, 0.4) is 0 Å². The van der Waals surface area contributed by atoms with Gasteiger partial charge in [0.2, 0.25) is 0 Å². The first-order valence-corrected chi connectivity index (χ1v) is 7.98. The van der Waals surface area contributed by atoms with E-state index in [2.05, 4.69) is 0 Å².